The maximum absolute atomic E-state index is 12.0. The summed E-state index contributed by atoms with van der Waals surface area (Å²) in [5.74, 6) is 1.33. The molecule has 0 aliphatic carbocycles. The van der Waals surface area contributed by atoms with Crippen LogP contribution >= 0.6 is 11.6 Å². The number of halogens is 1. The largest absolute Gasteiger partial charge is 0.259 e. The normalized spacial score (nSPS) is 12.3. The van der Waals surface area contributed by atoms with E-state index in [-0.39, 0.29) is 0 Å². The Morgan fingerprint density at radius 2 is 1.68 bits per heavy atom. The third-order valence-electron chi connectivity index (χ3n) is 2.90. The Morgan fingerprint density at radius 3 is 2.42 bits per heavy atom. The van der Waals surface area contributed by atoms with Crippen LogP contribution in [0.2, 0.25) is 5.02 Å². The minimum absolute atomic E-state index is 0.593. The lowest BCUT2D eigenvalue weighted by molar-refractivity contribution is 0.680. The fourth-order valence-electron chi connectivity index (χ4n) is 1.97. The van der Waals surface area contributed by atoms with Crippen molar-refractivity contribution >= 4 is 22.4 Å². The van der Waals surface area contributed by atoms with Gasteiger partial charge in [-0.25, -0.2) is 0 Å². The minimum atomic E-state index is -0.812. The van der Waals surface area contributed by atoms with E-state index in [2.05, 4.69) is 12.1 Å². The predicted molar refractivity (Wildman–Crippen MR) is 82.9 cm³/mol. The molecular formula is C16H17ClOS. The van der Waals surface area contributed by atoms with Gasteiger partial charge in [-0.15, -0.1) is 0 Å². The van der Waals surface area contributed by atoms with E-state index in [0.29, 0.717) is 10.8 Å². The molecular weight excluding hydrogens is 276 g/mol. The quantitative estimate of drug-likeness (QED) is 0.779. The van der Waals surface area contributed by atoms with E-state index in [9.17, 15) is 4.21 Å². The summed E-state index contributed by atoms with van der Waals surface area (Å²) in [4.78, 5) is 0. The van der Waals surface area contributed by atoms with Gasteiger partial charge < -0.3 is 0 Å². The molecule has 0 fully saturated rings. The van der Waals surface area contributed by atoms with E-state index in [1.54, 1.807) is 0 Å². The van der Waals surface area contributed by atoms with E-state index in [4.69, 9.17) is 11.6 Å². The van der Waals surface area contributed by atoms with Crippen molar-refractivity contribution in [2.45, 2.75) is 18.6 Å². The van der Waals surface area contributed by atoms with Crippen molar-refractivity contribution < 1.29 is 4.21 Å². The first-order valence-electron chi connectivity index (χ1n) is 6.37. The highest BCUT2D eigenvalue weighted by atomic mass is 35.5. The van der Waals surface area contributed by atoms with E-state index < -0.39 is 10.8 Å². The smallest absolute Gasteiger partial charge is 0.0486 e. The molecule has 1 unspecified atom stereocenters. The van der Waals surface area contributed by atoms with Gasteiger partial charge in [0.1, 0.15) is 0 Å². The minimum Gasteiger partial charge on any atom is -0.259 e. The molecule has 2 aromatic rings. The van der Waals surface area contributed by atoms with Crippen molar-refractivity contribution in [2.75, 3.05) is 5.75 Å². The summed E-state index contributed by atoms with van der Waals surface area (Å²) in [6.07, 6.45) is 1.94. The van der Waals surface area contributed by atoms with Gasteiger partial charge in [0.15, 0.2) is 0 Å². The second-order valence-corrected chi connectivity index (χ2v) is 6.52. The lowest BCUT2D eigenvalue weighted by Crippen LogP contribution is -2.02. The Bertz CT molecular complexity index is 539. The number of aryl methyl sites for hydroxylation is 1. The molecule has 0 heterocycles. The molecule has 19 heavy (non-hydrogen) atoms. The van der Waals surface area contributed by atoms with Gasteiger partial charge in [0, 0.05) is 27.3 Å². The molecule has 0 saturated carbocycles. The van der Waals surface area contributed by atoms with Crippen molar-refractivity contribution in [3.05, 3.63) is 70.7 Å². The van der Waals surface area contributed by atoms with Crippen molar-refractivity contribution in [2.24, 2.45) is 0 Å². The summed E-state index contributed by atoms with van der Waals surface area (Å²) >= 11 is 5.91. The molecule has 0 radical (unpaired) electrons. The zero-order chi connectivity index (χ0) is 13.5. The molecule has 3 heteroatoms. The molecule has 2 aromatic carbocycles. The van der Waals surface area contributed by atoms with Crippen LogP contribution in [0.4, 0.5) is 0 Å². The van der Waals surface area contributed by atoms with Crippen molar-refractivity contribution in [3.8, 4) is 0 Å². The lowest BCUT2D eigenvalue weighted by Gasteiger charge is -2.04. The zero-order valence-electron chi connectivity index (χ0n) is 10.7. The Kier molecular flexibility index (Phi) is 5.62. The van der Waals surface area contributed by atoms with Gasteiger partial charge in [0.2, 0.25) is 0 Å². The molecule has 0 aliphatic heterocycles. The van der Waals surface area contributed by atoms with Gasteiger partial charge in [0.25, 0.3) is 0 Å². The molecule has 2 rings (SSSR count). The first kappa shape index (κ1) is 14.3. The second-order valence-electron chi connectivity index (χ2n) is 4.51. The van der Waals surface area contributed by atoms with Crippen LogP contribution in [0.15, 0.2) is 54.6 Å². The summed E-state index contributed by atoms with van der Waals surface area (Å²) < 4.78 is 12.0. The number of hydrogen-bond acceptors (Lipinski definition) is 1. The van der Waals surface area contributed by atoms with E-state index in [1.165, 1.54) is 5.56 Å². The molecule has 0 bridgehead atoms. The molecule has 1 nitrogen and oxygen atoms in total. The van der Waals surface area contributed by atoms with Crippen LogP contribution in [0.5, 0.6) is 0 Å². The highest BCUT2D eigenvalue weighted by Crippen LogP contribution is 2.13. The maximum atomic E-state index is 12.0. The summed E-state index contributed by atoms with van der Waals surface area (Å²) in [5, 5.41) is 0.707. The van der Waals surface area contributed by atoms with E-state index in [1.807, 2.05) is 42.5 Å². The highest BCUT2D eigenvalue weighted by Gasteiger charge is 2.03. The zero-order valence-corrected chi connectivity index (χ0v) is 12.3. The van der Waals surface area contributed by atoms with Crippen LogP contribution in [-0.2, 0) is 23.0 Å². The third kappa shape index (κ3) is 5.17. The van der Waals surface area contributed by atoms with Gasteiger partial charge in [0.05, 0.1) is 0 Å². The predicted octanol–water partition coefficient (Wildman–Crippen LogP) is 4.22. The third-order valence-corrected chi connectivity index (χ3v) is 4.53. The van der Waals surface area contributed by atoms with Gasteiger partial charge in [-0.3, -0.25) is 4.21 Å². The average molecular weight is 293 g/mol. The Hall–Kier alpha value is -1.12. The van der Waals surface area contributed by atoms with Crippen LogP contribution in [0, 0.1) is 0 Å². The molecule has 1 atom stereocenters. The van der Waals surface area contributed by atoms with Crippen LogP contribution in [0.3, 0.4) is 0 Å². The molecule has 0 spiro atoms. The summed E-state index contributed by atoms with van der Waals surface area (Å²) in [5.41, 5.74) is 2.35. The fraction of sp³-hybridized carbons (Fsp3) is 0.250. The van der Waals surface area contributed by atoms with E-state index in [0.717, 1.165) is 24.2 Å². The van der Waals surface area contributed by atoms with Crippen LogP contribution in [-0.4, -0.2) is 9.96 Å². The Morgan fingerprint density at radius 1 is 0.947 bits per heavy atom. The standard InChI is InChI=1S/C16H17ClOS/c17-16-10-4-8-15(12-16)13-19(18)11-5-9-14-6-2-1-3-7-14/h1-4,6-8,10,12H,5,9,11,13H2. The highest BCUT2D eigenvalue weighted by molar-refractivity contribution is 7.84. The Balaban J connectivity index is 1.76. The van der Waals surface area contributed by atoms with Crippen molar-refractivity contribution in [3.63, 3.8) is 0 Å². The van der Waals surface area contributed by atoms with Gasteiger partial charge in [-0.05, 0) is 36.1 Å². The fourth-order valence-corrected chi connectivity index (χ4v) is 3.34. The second kappa shape index (κ2) is 7.46. The van der Waals surface area contributed by atoms with Gasteiger partial charge >= 0.3 is 0 Å². The number of benzene rings is 2. The number of hydrogen-bond donors (Lipinski definition) is 0. The van der Waals surface area contributed by atoms with Crippen LogP contribution < -0.4 is 0 Å². The maximum Gasteiger partial charge on any atom is 0.0486 e. The van der Waals surface area contributed by atoms with Gasteiger partial charge in [-0.1, -0.05) is 54.1 Å². The van der Waals surface area contributed by atoms with Crippen molar-refractivity contribution in [1.82, 2.24) is 0 Å². The lowest BCUT2D eigenvalue weighted by atomic mass is 10.1. The van der Waals surface area contributed by atoms with Crippen LogP contribution in [0.1, 0.15) is 17.5 Å². The Labute approximate surface area is 122 Å². The molecule has 0 saturated heterocycles. The first-order valence-corrected chi connectivity index (χ1v) is 8.24. The monoisotopic (exact) mass is 292 g/mol. The van der Waals surface area contributed by atoms with Gasteiger partial charge in [-0.2, -0.15) is 0 Å². The first-order chi connectivity index (χ1) is 9.24. The topological polar surface area (TPSA) is 17.1 Å². The summed E-state index contributed by atoms with van der Waals surface area (Å²) in [6.45, 7) is 0. The summed E-state index contributed by atoms with van der Waals surface area (Å²) in [6, 6.07) is 17.9. The molecule has 0 amide bonds. The van der Waals surface area contributed by atoms with Crippen molar-refractivity contribution in [1.29, 1.82) is 0 Å². The SMILES string of the molecule is O=S(CCCc1ccccc1)Cc1cccc(Cl)c1. The molecule has 0 aromatic heterocycles. The van der Waals surface area contributed by atoms with E-state index >= 15 is 0 Å². The van der Waals surface area contributed by atoms with Crippen LogP contribution in [0.25, 0.3) is 0 Å². The molecule has 100 valence electrons. The average Bonchev–Trinajstić information content (AvgIpc) is 2.40. The molecule has 0 aliphatic rings. The summed E-state index contributed by atoms with van der Waals surface area (Å²) in [7, 11) is -0.812. The molecule has 0 N–H and O–H groups in total. The number of rotatable bonds is 6.